The molecule has 0 amide bonds. The van der Waals surface area contributed by atoms with Gasteiger partial charge in [-0.25, -0.2) is 4.98 Å². The number of halogens is 1. The minimum absolute atomic E-state index is 0.662. The van der Waals surface area contributed by atoms with Crippen LogP contribution in [0.3, 0.4) is 0 Å². The van der Waals surface area contributed by atoms with Crippen molar-refractivity contribution in [2.75, 3.05) is 18.8 Å². The molecule has 1 fully saturated rings. The Balaban J connectivity index is 1.55. The van der Waals surface area contributed by atoms with Crippen molar-refractivity contribution in [2.24, 2.45) is 0 Å². The molecule has 0 bridgehead atoms. The maximum atomic E-state index is 5.94. The molecule has 1 aromatic heterocycles. The van der Waals surface area contributed by atoms with Crippen LogP contribution >= 0.6 is 22.9 Å². The summed E-state index contributed by atoms with van der Waals surface area (Å²) in [4.78, 5) is 7.85. The van der Waals surface area contributed by atoms with Crippen LogP contribution in [0.2, 0.25) is 5.02 Å². The van der Waals surface area contributed by atoms with Crippen molar-refractivity contribution < 1.29 is 0 Å². The molecule has 0 unspecified atom stereocenters. The summed E-state index contributed by atoms with van der Waals surface area (Å²) in [5.41, 5.74) is 7.09. The topological polar surface area (TPSA) is 42.1 Å². The molecular formula is C15H18ClN3S. The van der Waals surface area contributed by atoms with E-state index in [0.29, 0.717) is 11.0 Å². The molecule has 0 aliphatic carbocycles. The highest BCUT2D eigenvalue weighted by molar-refractivity contribution is 7.15. The number of nitrogens with zero attached hydrogens (tertiary/aromatic N) is 2. The lowest BCUT2D eigenvalue weighted by Crippen LogP contribution is -2.32. The molecule has 0 spiro atoms. The monoisotopic (exact) mass is 307 g/mol. The number of nitrogens with two attached hydrogens (primary N) is 1. The average Bonchev–Trinajstić information content (AvgIpc) is 2.86. The van der Waals surface area contributed by atoms with Crippen LogP contribution in [0.4, 0.5) is 5.13 Å². The highest BCUT2D eigenvalue weighted by Crippen LogP contribution is 2.30. The van der Waals surface area contributed by atoms with Crippen molar-refractivity contribution in [1.29, 1.82) is 0 Å². The zero-order chi connectivity index (χ0) is 13.9. The van der Waals surface area contributed by atoms with E-state index in [1.54, 1.807) is 11.3 Å². The fourth-order valence-electron chi connectivity index (χ4n) is 2.78. The quantitative estimate of drug-likeness (QED) is 0.939. The number of thiazole rings is 1. The summed E-state index contributed by atoms with van der Waals surface area (Å²) >= 11 is 7.53. The molecule has 1 aliphatic heterocycles. The average molecular weight is 308 g/mol. The van der Waals surface area contributed by atoms with Gasteiger partial charge in [-0.2, -0.15) is 0 Å². The molecule has 5 heteroatoms. The maximum absolute atomic E-state index is 5.94. The predicted molar refractivity (Wildman–Crippen MR) is 85.2 cm³/mol. The zero-order valence-electron chi connectivity index (χ0n) is 11.3. The third-order valence-electron chi connectivity index (χ3n) is 3.88. The third kappa shape index (κ3) is 3.32. The number of hydrogen-bond donors (Lipinski definition) is 1. The van der Waals surface area contributed by atoms with E-state index in [1.807, 2.05) is 18.3 Å². The van der Waals surface area contributed by atoms with Gasteiger partial charge in [0, 0.05) is 22.6 Å². The van der Waals surface area contributed by atoms with E-state index in [4.69, 9.17) is 17.3 Å². The number of rotatable bonds is 3. The summed E-state index contributed by atoms with van der Waals surface area (Å²) in [6.07, 6.45) is 4.30. The molecule has 3 rings (SSSR count). The molecule has 106 valence electrons. The number of aromatic nitrogens is 1. The van der Waals surface area contributed by atoms with Crippen molar-refractivity contribution in [3.05, 3.63) is 45.9 Å². The SMILES string of the molecule is Nc1ncc(CN2CCC(c3ccc(Cl)cc3)CC2)s1. The van der Waals surface area contributed by atoms with Crippen LogP contribution in [0.1, 0.15) is 29.2 Å². The molecule has 0 atom stereocenters. The van der Waals surface area contributed by atoms with Crippen molar-refractivity contribution >= 4 is 28.1 Å². The first-order valence-electron chi connectivity index (χ1n) is 6.89. The van der Waals surface area contributed by atoms with E-state index >= 15 is 0 Å². The van der Waals surface area contributed by atoms with Gasteiger partial charge in [0.25, 0.3) is 0 Å². The van der Waals surface area contributed by atoms with E-state index in [9.17, 15) is 0 Å². The summed E-state index contributed by atoms with van der Waals surface area (Å²) < 4.78 is 0. The normalized spacial score (nSPS) is 17.4. The van der Waals surface area contributed by atoms with Crippen LogP contribution in [-0.2, 0) is 6.54 Å². The second-order valence-corrected chi connectivity index (χ2v) is 6.85. The Bertz CT molecular complexity index is 559. The Morgan fingerprint density at radius 2 is 1.95 bits per heavy atom. The fraction of sp³-hybridized carbons (Fsp3) is 0.400. The minimum atomic E-state index is 0.662. The molecule has 2 aromatic rings. The molecule has 2 heterocycles. The first kappa shape index (κ1) is 13.9. The Morgan fingerprint density at radius 3 is 2.55 bits per heavy atom. The maximum Gasteiger partial charge on any atom is 0.180 e. The second-order valence-electron chi connectivity index (χ2n) is 5.27. The zero-order valence-corrected chi connectivity index (χ0v) is 12.8. The number of nitrogen functional groups attached to an aromatic ring is 1. The van der Waals surface area contributed by atoms with Gasteiger partial charge in [0.2, 0.25) is 0 Å². The molecular weight excluding hydrogens is 290 g/mol. The molecule has 20 heavy (non-hydrogen) atoms. The highest BCUT2D eigenvalue weighted by Gasteiger charge is 2.20. The molecule has 0 saturated carbocycles. The Morgan fingerprint density at radius 1 is 1.25 bits per heavy atom. The number of benzene rings is 1. The fourth-order valence-corrected chi connectivity index (χ4v) is 3.63. The van der Waals surface area contributed by atoms with Gasteiger partial charge < -0.3 is 5.73 Å². The summed E-state index contributed by atoms with van der Waals surface area (Å²) in [6, 6.07) is 8.30. The highest BCUT2D eigenvalue weighted by atomic mass is 35.5. The molecule has 1 aliphatic rings. The minimum Gasteiger partial charge on any atom is -0.375 e. The van der Waals surface area contributed by atoms with Gasteiger partial charge in [0.1, 0.15) is 0 Å². The molecule has 1 saturated heterocycles. The number of piperidine rings is 1. The van der Waals surface area contributed by atoms with Gasteiger partial charge in [-0.05, 0) is 49.5 Å². The molecule has 1 aromatic carbocycles. The number of likely N-dealkylation sites (tertiary alicyclic amines) is 1. The van der Waals surface area contributed by atoms with Gasteiger partial charge in [-0.15, -0.1) is 11.3 Å². The van der Waals surface area contributed by atoms with Gasteiger partial charge in [-0.3, -0.25) is 4.90 Å². The first-order chi connectivity index (χ1) is 9.70. The predicted octanol–water partition coefficient (Wildman–Crippen LogP) is 3.76. The summed E-state index contributed by atoms with van der Waals surface area (Å²) in [5, 5.41) is 1.48. The first-order valence-corrected chi connectivity index (χ1v) is 8.08. The summed E-state index contributed by atoms with van der Waals surface area (Å²) in [5.74, 6) is 0.662. The number of anilines is 1. The second kappa shape index (κ2) is 6.12. The largest absolute Gasteiger partial charge is 0.375 e. The van der Waals surface area contributed by atoms with Crippen molar-refractivity contribution in [2.45, 2.75) is 25.3 Å². The van der Waals surface area contributed by atoms with E-state index in [0.717, 1.165) is 24.7 Å². The van der Waals surface area contributed by atoms with E-state index < -0.39 is 0 Å². The van der Waals surface area contributed by atoms with Gasteiger partial charge in [-0.1, -0.05) is 23.7 Å². The third-order valence-corrected chi connectivity index (χ3v) is 4.94. The van der Waals surface area contributed by atoms with Crippen molar-refractivity contribution in [1.82, 2.24) is 9.88 Å². The van der Waals surface area contributed by atoms with E-state index in [-0.39, 0.29) is 0 Å². The standard InChI is InChI=1S/C15H18ClN3S/c16-13-3-1-11(2-4-13)12-5-7-19(8-6-12)10-14-9-18-15(17)20-14/h1-4,9,12H,5-8,10H2,(H2,17,18). The lowest BCUT2D eigenvalue weighted by atomic mass is 9.89. The van der Waals surface area contributed by atoms with Gasteiger partial charge >= 0.3 is 0 Å². The van der Waals surface area contributed by atoms with Crippen LogP contribution in [0.15, 0.2) is 30.5 Å². The smallest absolute Gasteiger partial charge is 0.180 e. The molecule has 3 nitrogen and oxygen atoms in total. The Kier molecular flexibility index (Phi) is 4.24. The van der Waals surface area contributed by atoms with E-state index in [2.05, 4.69) is 22.0 Å². The lowest BCUT2D eigenvalue weighted by Gasteiger charge is -2.31. The van der Waals surface area contributed by atoms with Crippen LogP contribution in [-0.4, -0.2) is 23.0 Å². The van der Waals surface area contributed by atoms with Crippen LogP contribution in [0, 0.1) is 0 Å². The van der Waals surface area contributed by atoms with Crippen LogP contribution < -0.4 is 5.73 Å². The van der Waals surface area contributed by atoms with Gasteiger partial charge in [0.15, 0.2) is 5.13 Å². The van der Waals surface area contributed by atoms with Crippen LogP contribution in [0.5, 0.6) is 0 Å². The lowest BCUT2D eigenvalue weighted by molar-refractivity contribution is 0.206. The van der Waals surface area contributed by atoms with Gasteiger partial charge in [0.05, 0.1) is 0 Å². The van der Waals surface area contributed by atoms with Crippen molar-refractivity contribution in [3.63, 3.8) is 0 Å². The molecule has 0 radical (unpaired) electrons. The van der Waals surface area contributed by atoms with E-state index in [1.165, 1.54) is 23.3 Å². The molecule has 2 N–H and O–H groups in total. The Labute approximate surface area is 128 Å². The van der Waals surface area contributed by atoms with Crippen molar-refractivity contribution in [3.8, 4) is 0 Å². The summed E-state index contributed by atoms with van der Waals surface area (Å²) in [7, 11) is 0. The Hall–Kier alpha value is -1.10. The summed E-state index contributed by atoms with van der Waals surface area (Å²) in [6.45, 7) is 3.23. The number of hydrogen-bond acceptors (Lipinski definition) is 4. The van der Waals surface area contributed by atoms with Crippen LogP contribution in [0.25, 0.3) is 0 Å².